The van der Waals surface area contributed by atoms with Gasteiger partial charge in [-0.15, -0.1) is 0 Å². The van der Waals surface area contributed by atoms with Gasteiger partial charge < -0.3 is 10.2 Å². The molecule has 0 bridgehead atoms. The van der Waals surface area contributed by atoms with Crippen molar-refractivity contribution in [1.29, 1.82) is 0 Å². The van der Waals surface area contributed by atoms with E-state index in [9.17, 15) is 4.79 Å². The van der Waals surface area contributed by atoms with Crippen LogP contribution in [0, 0.1) is 5.92 Å². The molecule has 4 rings (SSSR count). The summed E-state index contributed by atoms with van der Waals surface area (Å²) in [4.78, 5) is 15.6. The number of amides is 1. The number of hydrogen-bond donors (Lipinski definition) is 1. The number of hydrogen-bond acceptors (Lipinski definition) is 2. The Kier molecular flexibility index (Phi) is 6.22. The van der Waals surface area contributed by atoms with Crippen LogP contribution in [0.4, 0.5) is 5.69 Å². The quantitative estimate of drug-likeness (QED) is 0.524. The molecule has 0 spiro atoms. The van der Waals surface area contributed by atoms with Gasteiger partial charge in [-0.25, -0.2) is 0 Å². The fourth-order valence-electron chi connectivity index (χ4n) is 4.27. The maximum Gasteiger partial charge on any atom is 0.247 e. The second kappa shape index (κ2) is 9.22. The number of fused-ring (bicyclic) bond motifs is 1. The first kappa shape index (κ1) is 20.9. The van der Waals surface area contributed by atoms with E-state index >= 15 is 0 Å². The molecular formula is C28H30N2O. The Bertz CT molecular complexity index is 1050. The van der Waals surface area contributed by atoms with Crippen molar-refractivity contribution in [2.45, 2.75) is 39.3 Å². The molecule has 1 heterocycles. The predicted molar refractivity (Wildman–Crippen MR) is 129 cm³/mol. The van der Waals surface area contributed by atoms with E-state index in [2.05, 4.69) is 67.0 Å². The molecular weight excluding hydrogens is 380 g/mol. The van der Waals surface area contributed by atoms with E-state index in [1.165, 1.54) is 11.1 Å². The molecule has 0 aromatic heterocycles. The van der Waals surface area contributed by atoms with Crippen molar-refractivity contribution in [2.75, 3.05) is 5.32 Å². The summed E-state index contributed by atoms with van der Waals surface area (Å²) in [5.41, 5.74) is 6.52. The summed E-state index contributed by atoms with van der Waals surface area (Å²) in [5, 5.41) is 3.15. The van der Waals surface area contributed by atoms with Crippen LogP contribution >= 0.6 is 0 Å². The zero-order valence-corrected chi connectivity index (χ0v) is 18.3. The lowest BCUT2D eigenvalue weighted by Crippen LogP contribution is -2.42. The zero-order chi connectivity index (χ0) is 21.8. The first-order chi connectivity index (χ1) is 15.0. The zero-order valence-electron chi connectivity index (χ0n) is 18.3. The van der Waals surface area contributed by atoms with E-state index in [0.717, 1.165) is 28.9 Å². The minimum Gasteiger partial charge on any atom is -0.355 e. The molecule has 1 aliphatic heterocycles. The van der Waals surface area contributed by atoms with Gasteiger partial charge in [0.05, 0.1) is 0 Å². The van der Waals surface area contributed by atoms with Gasteiger partial charge in [0.25, 0.3) is 0 Å². The van der Waals surface area contributed by atoms with E-state index in [4.69, 9.17) is 0 Å². The smallest absolute Gasteiger partial charge is 0.247 e. The highest BCUT2D eigenvalue weighted by molar-refractivity contribution is 5.96. The molecule has 0 fully saturated rings. The molecule has 3 aromatic rings. The van der Waals surface area contributed by atoms with Crippen molar-refractivity contribution in [1.82, 2.24) is 4.90 Å². The first-order valence-electron chi connectivity index (χ1n) is 11.0. The van der Waals surface area contributed by atoms with Gasteiger partial charge in [0, 0.05) is 29.9 Å². The molecule has 1 atom stereocenters. The van der Waals surface area contributed by atoms with Crippen LogP contribution in [0.15, 0.2) is 85.4 Å². The number of carbonyl (C=O) groups is 1. The minimum atomic E-state index is -0.336. The summed E-state index contributed by atoms with van der Waals surface area (Å²) in [6.45, 7) is 9.44. The Labute approximate surface area is 185 Å². The second-order valence-electron chi connectivity index (χ2n) is 8.72. The van der Waals surface area contributed by atoms with Crippen molar-refractivity contribution >= 4 is 17.3 Å². The Morgan fingerprint density at radius 1 is 0.903 bits per heavy atom. The fourth-order valence-corrected chi connectivity index (χ4v) is 4.27. The first-order valence-corrected chi connectivity index (χ1v) is 11.0. The van der Waals surface area contributed by atoms with Crippen molar-refractivity contribution in [3.8, 4) is 0 Å². The van der Waals surface area contributed by atoms with Crippen molar-refractivity contribution in [3.05, 3.63) is 108 Å². The monoisotopic (exact) mass is 410 g/mol. The summed E-state index contributed by atoms with van der Waals surface area (Å²) < 4.78 is 0. The lowest BCUT2D eigenvalue weighted by atomic mass is 10.0. The van der Waals surface area contributed by atoms with Gasteiger partial charge in [-0.1, -0.05) is 87.2 Å². The Balaban J connectivity index is 1.56. The van der Waals surface area contributed by atoms with Crippen LogP contribution in [0.5, 0.6) is 0 Å². The van der Waals surface area contributed by atoms with E-state index in [1.807, 2.05) is 42.5 Å². The number of carbonyl (C=O) groups excluding carboxylic acids is 1. The SMILES string of the molecule is C=C1c2ccccc2CN1C(Cc1ccccc1)C(=O)Nc1ccc(CC(C)C)cc1. The number of benzene rings is 3. The molecule has 0 saturated heterocycles. The normalized spacial score (nSPS) is 13.9. The maximum absolute atomic E-state index is 13.5. The largest absolute Gasteiger partial charge is 0.355 e. The van der Waals surface area contributed by atoms with Gasteiger partial charge in [-0.2, -0.15) is 0 Å². The Hall–Kier alpha value is -3.33. The van der Waals surface area contributed by atoms with E-state index in [-0.39, 0.29) is 11.9 Å². The third-order valence-electron chi connectivity index (χ3n) is 5.83. The summed E-state index contributed by atoms with van der Waals surface area (Å²) in [5.74, 6) is 0.605. The number of anilines is 1. The lowest BCUT2D eigenvalue weighted by Gasteiger charge is -2.30. The second-order valence-corrected chi connectivity index (χ2v) is 8.72. The molecule has 0 aliphatic carbocycles. The average Bonchev–Trinajstić information content (AvgIpc) is 3.10. The van der Waals surface area contributed by atoms with Gasteiger partial charge in [0.1, 0.15) is 6.04 Å². The lowest BCUT2D eigenvalue weighted by molar-refractivity contribution is -0.120. The molecule has 1 N–H and O–H groups in total. The number of nitrogens with one attached hydrogen (secondary N) is 1. The highest BCUT2D eigenvalue weighted by Gasteiger charge is 2.32. The summed E-state index contributed by atoms with van der Waals surface area (Å²) >= 11 is 0. The van der Waals surface area contributed by atoms with E-state index in [1.54, 1.807) is 0 Å². The molecule has 3 heteroatoms. The third-order valence-corrected chi connectivity index (χ3v) is 5.83. The standard InChI is InChI=1S/C28H30N2O/c1-20(2)17-23-13-15-25(16-14-23)29-28(31)27(18-22-9-5-4-6-10-22)30-19-24-11-7-8-12-26(24)21(30)3/h4-16,20,27H,3,17-19H2,1-2H3,(H,29,31). The van der Waals surface area contributed by atoms with E-state index in [0.29, 0.717) is 18.9 Å². The minimum absolute atomic E-state index is 0.00517. The van der Waals surface area contributed by atoms with Crippen LogP contribution in [-0.2, 0) is 24.2 Å². The van der Waals surface area contributed by atoms with Gasteiger partial charge in [0.15, 0.2) is 0 Å². The number of rotatable bonds is 7. The van der Waals surface area contributed by atoms with Crippen LogP contribution in [-0.4, -0.2) is 16.8 Å². The van der Waals surface area contributed by atoms with Gasteiger partial charge in [-0.05, 0) is 41.2 Å². The van der Waals surface area contributed by atoms with Crippen LogP contribution in [0.2, 0.25) is 0 Å². The van der Waals surface area contributed by atoms with Crippen molar-refractivity contribution in [3.63, 3.8) is 0 Å². The molecule has 1 aliphatic rings. The van der Waals surface area contributed by atoms with Gasteiger partial charge in [-0.3, -0.25) is 4.79 Å². The van der Waals surface area contributed by atoms with Crippen LogP contribution in [0.25, 0.3) is 5.70 Å². The van der Waals surface area contributed by atoms with E-state index < -0.39 is 0 Å². The fraction of sp³-hybridized carbons (Fsp3) is 0.250. The molecule has 158 valence electrons. The molecule has 1 unspecified atom stereocenters. The summed E-state index contributed by atoms with van der Waals surface area (Å²) in [7, 11) is 0. The topological polar surface area (TPSA) is 32.3 Å². The van der Waals surface area contributed by atoms with Gasteiger partial charge in [0.2, 0.25) is 5.91 Å². The molecule has 0 saturated carbocycles. The maximum atomic E-state index is 13.5. The molecule has 3 aromatic carbocycles. The van der Waals surface area contributed by atoms with Gasteiger partial charge >= 0.3 is 0 Å². The molecule has 0 radical (unpaired) electrons. The number of nitrogens with zero attached hydrogens (tertiary/aromatic N) is 1. The highest BCUT2D eigenvalue weighted by Crippen LogP contribution is 2.34. The molecule has 3 nitrogen and oxygen atoms in total. The summed E-state index contributed by atoms with van der Waals surface area (Å²) in [6.07, 6.45) is 1.67. The molecule has 31 heavy (non-hydrogen) atoms. The third kappa shape index (κ3) is 4.88. The summed E-state index contributed by atoms with van der Waals surface area (Å²) in [6, 6.07) is 26.3. The Morgan fingerprint density at radius 3 is 2.23 bits per heavy atom. The predicted octanol–water partition coefficient (Wildman–Crippen LogP) is 5.92. The highest BCUT2D eigenvalue weighted by atomic mass is 16.2. The molecule has 1 amide bonds. The Morgan fingerprint density at radius 2 is 1.55 bits per heavy atom. The van der Waals surface area contributed by atoms with Crippen LogP contribution in [0.3, 0.4) is 0 Å². The van der Waals surface area contributed by atoms with Crippen LogP contribution < -0.4 is 5.32 Å². The van der Waals surface area contributed by atoms with Crippen molar-refractivity contribution in [2.24, 2.45) is 5.92 Å². The average molecular weight is 411 g/mol. The van der Waals surface area contributed by atoms with Crippen molar-refractivity contribution < 1.29 is 4.79 Å². The van der Waals surface area contributed by atoms with Crippen LogP contribution in [0.1, 0.15) is 36.1 Å².